The minimum Gasteiger partial charge on any atom is -0.481 e. The number of aliphatic carboxylic acids is 4. The van der Waals surface area contributed by atoms with Gasteiger partial charge in [0.2, 0.25) is 11.8 Å². The molecular formula is C15H23N3O10. The number of carbonyl (C=O) groups excluding carboxylic acids is 2. The number of carboxylic acids is 4. The molecule has 3 atom stereocenters. The van der Waals surface area contributed by atoms with Crippen LogP contribution in [0, 0.1) is 0 Å². The summed E-state index contributed by atoms with van der Waals surface area (Å²) in [5.41, 5.74) is 5.23. The van der Waals surface area contributed by atoms with Crippen LogP contribution in [0.5, 0.6) is 0 Å². The first-order valence-corrected chi connectivity index (χ1v) is 8.18. The third-order valence-electron chi connectivity index (χ3n) is 3.57. The van der Waals surface area contributed by atoms with E-state index in [1.165, 1.54) is 0 Å². The topological polar surface area (TPSA) is 233 Å². The lowest BCUT2D eigenvalue weighted by Gasteiger charge is -2.17. The number of amides is 2. The summed E-state index contributed by atoms with van der Waals surface area (Å²) in [6.07, 6.45) is -2.17. The number of carbonyl (C=O) groups is 6. The average Bonchev–Trinajstić information content (AvgIpc) is 2.58. The van der Waals surface area contributed by atoms with E-state index in [9.17, 15) is 28.8 Å². The Hall–Kier alpha value is -3.22. The molecule has 0 saturated carbocycles. The average molecular weight is 405 g/mol. The maximum atomic E-state index is 11.8. The summed E-state index contributed by atoms with van der Waals surface area (Å²) >= 11 is 0. The summed E-state index contributed by atoms with van der Waals surface area (Å²) in [5, 5.41) is 39.4. The van der Waals surface area contributed by atoms with E-state index in [2.05, 4.69) is 10.6 Å². The highest BCUT2D eigenvalue weighted by molar-refractivity contribution is 5.86. The third kappa shape index (κ3) is 10.7. The number of carboxylic acid groups (broad SMARTS) is 4. The van der Waals surface area contributed by atoms with E-state index in [0.29, 0.717) is 0 Å². The number of hydrogen-bond donors (Lipinski definition) is 7. The van der Waals surface area contributed by atoms with Crippen LogP contribution in [0.3, 0.4) is 0 Å². The maximum Gasteiger partial charge on any atom is 0.326 e. The molecule has 13 nitrogen and oxygen atoms in total. The van der Waals surface area contributed by atoms with Crippen molar-refractivity contribution in [3.05, 3.63) is 0 Å². The quantitative estimate of drug-likeness (QED) is 0.166. The van der Waals surface area contributed by atoms with Crippen molar-refractivity contribution >= 4 is 35.7 Å². The zero-order valence-electron chi connectivity index (χ0n) is 14.8. The molecule has 8 N–H and O–H groups in total. The van der Waals surface area contributed by atoms with Gasteiger partial charge >= 0.3 is 23.9 Å². The van der Waals surface area contributed by atoms with Gasteiger partial charge in [-0.25, -0.2) is 9.59 Å². The molecule has 0 heterocycles. The van der Waals surface area contributed by atoms with E-state index in [0.717, 1.165) is 0 Å². The van der Waals surface area contributed by atoms with E-state index in [1.807, 2.05) is 0 Å². The summed E-state index contributed by atoms with van der Waals surface area (Å²) in [6, 6.07) is -4.18. The molecule has 13 heteroatoms. The zero-order valence-corrected chi connectivity index (χ0v) is 14.8. The molecule has 0 aromatic rings. The molecule has 0 saturated heterocycles. The lowest BCUT2D eigenvalue weighted by atomic mass is 10.1. The van der Waals surface area contributed by atoms with Crippen LogP contribution >= 0.6 is 0 Å². The first-order valence-electron chi connectivity index (χ1n) is 8.18. The molecule has 0 aliphatic rings. The normalized spacial score (nSPS) is 13.6. The monoisotopic (exact) mass is 405 g/mol. The van der Waals surface area contributed by atoms with Crippen LogP contribution in [0.25, 0.3) is 0 Å². The molecule has 0 aliphatic heterocycles. The van der Waals surface area contributed by atoms with Crippen molar-refractivity contribution in [3.63, 3.8) is 0 Å². The molecule has 0 spiro atoms. The molecule has 0 bridgehead atoms. The standard InChI is InChI=1S/C15H23N3O10/c16-7(13(23)24)1-4-10(19)17-8(14(25)26)2-5-11(20)18-9(15(27)28)3-6-12(21)22/h7-9H,1-6,16H2,(H,17,19)(H,18,20)(H,21,22)(H,23,24)(H,25,26)(H,27,28)/t7-,8+,9-/m1/s1. The molecule has 0 aromatic heterocycles. The Kier molecular flexibility index (Phi) is 10.8. The second-order valence-electron chi connectivity index (χ2n) is 5.87. The molecular weight excluding hydrogens is 382 g/mol. The van der Waals surface area contributed by atoms with E-state index in [4.69, 9.17) is 26.2 Å². The minimum absolute atomic E-state index is 0.210. The van der Waals surface area contributed by atoms with Gasteiger partial charge in [-0.3, -0.25) is 19.2 Å². The van der Waals surface area contributed by atoms with Crippen LogP contribution in [-0.2, 0) is 28.8 Å². The van der Waals surface area contributed by atoms with Crippen molar-refractivity contribution in [3.8, 4) is 0 Å². The van der Waals surface area contributed by atoms with Crippen LogP contribution < -0.4 is 16.4 Å². The summed E-state index contributed by atoms with van der Waals surface area (Å²) in [4.78, 5) is 66.7. The van der Waals surface area contributed by atoms with Crippen LogP contribution in [0.4, 0.5) is 0 Å². The van der Waals surface area contributed by atoms with Gasteiger partial charge in [0.25, 0.3) is 0 Å². The van der Waals surface area contributed by atoms with Gasteiger partial charge in [-0.05, 0) is 19.3 Å². The number of nitrogens with two attached hydrogens (primary N) is 1. The molecule has 0 rings (SSSR count). The summed E-state index contributed by atoms with van der Waals surface area (Å²) in [5.74, 6) is -7.02. The summed E-state index contributed by atoms with van der Waals surface area (Å²) < 4.78 is 0. The van der Waals surface area contributed by atoms with E-state index in [-0.39, 0.29) is 25.7 Å². The zero-order chi connectivity index (χ0) is 21.9. The summed E-state index contributed by atoms with van der Waals surface area (Å²) in [6.45, 7) is 0. The Morgan fingerprint density at radius 2 is 1.04 bits per heavy atom. The first kappa shape index (κ1) is 24.8. The minimum atomic E-state index is -1.46. The molecule has 0 fully saturated rings. The summed E-state index contributed by atoms with van der Waals surface area (Å²) in [7, 11) is 0. The van der Waals surface area contributed by atoms with Gasteiger partial charge in [0.1, 0.15) is 18.1 Å². The highest BCUT2D eigenvalue weighted by atomic mass is 16.4. The molecule has 2 amide bonds. The van der Waals surface area contributed by atoms with Crippen LogP contribution in [0.1, 0.15) is 38.5 Å². The smallest absolute Gasteiger partial charge is 0.326 e. The fourth-order valence-corrected chi connectivity index (χ4v) is 2.00. The van der Waals surface area contributed by atoms with Gasteiger partial charge in [0.15, 0.2) is 0 Å². The van der Waals surface area contributed by atoms with Gasteiger partial charge in [-0.15, -0.1) is 0 Å². The Morgan fingerprint density at radius 1 is 0.643 bits per heavy atom. The fraction of sp³-hybridized carbons (Fsp3) is 0.600. The lowest BCUT2D eigenvalue weighted by molar-refractivity contribution is -0.144. The Morgan fingerprint density at radius 3 is 1.39 bits per heavy atom. The number of hydrogen-bond acceptors (Lipinski definition) is 7. The van der Waals surface area contributed by atoms with Crippen molar-refractivity contribution in [2.24, 2.45) is 5.73 Å². The van der Waals surface area contributed by atoms with Crippen molar-refractivity contribution < 1.29 is 49.2 Å². The van der Waals surface area contributed by atoms with Gasteiger partial charge in [-0.1, -0.05) is 0 Å². The Bertz CT molecular complexity index is 621. The SMILES string of the molecule is N[C@H](CCC(=O)N[C@@H](CCC(=O)N[C@H](CCC(=O)O)C(=O)O)C(=O)O)C(=O)O. The molecule has 0 unspecified atom stereocenters. The molecule has 0 aromatic carbocycles. The lowest BCUT2D eigenvalue weighted by Crippen LogP contribution is -2.44. The predicted octanol–water partition coefficient (Wildman–Crippen LogP) is -2.04. The highest BCUT2D eigenvalue weighted by Crippen LogP contribution is 2.04. The predicted molar refractivity (Wildman–Crippen MR) is 90.1 cm³/mol. The Labute approximate surface area is 158 Å². The number of rotatable bonds is 14. The second-order valence-corrected chi connectivity index (χ2v) is 5.87. The van der Waals surface area contributed by atoms with Gasteiger partial charge in [0, 0.05) is 19.3 Å². The van der Waals surface area contributed by atoms with Gasteiger partial charge in [0.05, 0.1) is 0 Å². The van der Waals surface area contributed by atoms with E-state index in [1.54, 1.807) is 0 Å². The maximum absolute atomic E-state index is 11.8. The second kappa shape index (κ2) is 12.2. The van der Waals surface area contributed by atoms with Crippen molar-refractivity contribution in [1.29, 1.82) is 0 Å². The molecule has 0 aliphatic carbocycles. The van der Waals surface area contributed by atoms with Crippen LogP contribution in [0.2, 0.25) is 0 Å². The fourth-order valence-electron chi connectivity index (χ4n) is 2.00. The van der Waals surface area contributed by atoms with Crippen molar-refractivity contribution in [2.45, 2.75) is 56.7 Å². The van der Waals surface area contributed by atoms with E-state index >= 15 is 0 Å². The largest absolute Gasteiger partial charge is 0.481 e. The van der Waals surface area contributed by atoms with Crippen LogP contribution in [-0.4, -0.2) is 74.2 Å². The van der Waals surface area contributed by atoms with Crippen LogP contribution in [0.15, 0.2) is 0 Å². The van der Waals surface area contributed by atoms with E-state index < -0.39 is 66.7 Å². The van der Waals surface area contributed by atoms with Gasteiger partial charge in [-0.2, -0.15) is 0 Å². The molecule has 0 radical (unpaired) electrons. The third-order valence-corrected chi connectivity index (χ3v) is 3.57. The molecule has 158 valence electrons. The first-order chi connectivity index (χ1) is 12.9. The van der Waals surface area contributed by atoms with Crippen molar-refractivity contribution in [2.75, 3.05) is 0 Å². The van der Waals surface area contributed by atoms with Crippen molar-refractivity contribution in [1.82, 2.24) is 10.6 Å². The number of nitrogens with one attached hydrogen (secondary N) is 2. The highest BCUT2D eigenvalue weighted by Gasteiger charge is 2.24. The van der Waals surface area contributed by atoms with Gasteiger partial charge < -0.3 is 36.8 Å². The Balaban J connectivity index is 4.56. The molecule has 28 heavy (non-hydrogen) atoms.